The third-order valence-corrected chi connectivity index (χ3v) is 2.70. The van der Waals surface area contributed by atoms with E-state index in [0.29, 0.717) is 16.9 Å². The molecule has 1 N–H and O–H groups in total. The highest BCUT2D eigenvalue weighted by Crippen LogP contribution is 2.30. The predicted octanol–water partition coefficient (Wildman–Crippen LogP) is 3.30. The van der Waals surface area contributed by atoms with E-state index in [4.69, 9.17) is 4.74 Å². The molecule has 0 unspecified atom stereocenters. The van der Waals surface area contributed by atoms with Crippen molar-refractivity contribution in [2.45, 2.75) is 0 Å². The van der Waals surface area contributed by atoms with E-state index < -0.39 is 0 Å². The second-order valence-corrected chi connectivity index (χ2v) is 3.96. The number of rotatable bonds is 4. The van der Waals surface area contributed by atoms with Crippen LogP contribution >= 0.6 is 0 Å². The number of allylic oxidation sites excluding steroid dienone is 1. The molecule has 0 aliphatic carbocycles. The zero-order valence-electron chi connectivity index (χ0n) is 10.5. The molecule has 0 fully saturated rings. The quantitative estimate of drug-likeness (QED) is 0.672. The fourth-order valence-corrected chi connectivity index (χ4v) is 1.76. The van der Waals surface area contributed by atoms with E-state index in [1.807, 2.05) is 18.2 Å². The Bertz CT molecular complexity index is 601. The summed E-state index contributed by atoms with van der Waals surface area (Å²) in [6.07, 6.45) is 3.10. The van der Waals surface area contributed by atoms with Crippen molar-refractivity contribution in [1.82, 2.24) is 0 Å². The summed E-state index contributed by atoms with van der Waals surface area (Å²) in [5, 5.41) is 9.63. The number of hydrogen-bond acceptors (Lipinski definition) is 3. The molecule has 0 saturated carbocycles. The lowest BCUT2D eigenvalue weighted by Crippen LogP contribution is -1.93. The number of carbonyl (C=O) groups excluding carboxylic acids is 1. The van der Waals surface area contributed by atoms with Gasteiger partial charge in [-0.2, -0.15) is 0 Å². The van der Waals surface area contributed by atoms with Gasteiger partial charge >= 0.3 is 0 Å². The van der Waals surface area contributed by atoms with Crippen molar-refractivity contribution in [2.75, 3.05) is 7.11 Å². The van der Waals surface area contributed by atoms with Crippen LogP contribution in [0.3, 0.4) is 0 Å². The molecular weight excluding hydrogens is 240 g/mol. The summed E-state index contributed by atoms with van der Waals surface area (Å²) in [5.41, 5.74) is 1.28. The van der Waals surface area contributed by atoms with Crippen LogP contribution in [0.4, 0.5) is 0 Å². The molecule has 3 nitrogen and oxygen atoms in total. The van der Waals surface area contributed by atoms with Crippen LogP contribution in [-0.2, 0) is 0 Å². The molecule has 0 spiro atoms. The molecule has 2 rings (SSSR count). The molecule has 3 heteroatoms. The Balaban J connectivity index is 2.24. The highest BCUT2D eigenvalue weighted by atomic mass is 16.5. The van der Waals surface area contributed by atoms with E-state index in [0.717, 1.165) is 0 Å². The highest BCUT2D eigenvalue weighted by Gasteiger charge is 2.06. The first-order valence-electron chi connectivity index (χ1n) is 5.86. The van der Waals surface area contributed by atoms with Gasteiger partial charge in [-0.25, -0.2) is 0 Å². The number of methoxy groups -OCH3 is 1. The van der Waals surface area contributed by atoms with E-state index in [2.05, 4.69) is 0 Å². The number of ether oxygens (including phenoxy) is 1. The van der Waals surface area contributed by atoms with Crippen molar-refractivity contribution in [3.8, 4) is 11.5 Å². The Labute approximate surface area is 111 Å². The molecule has 0 heterocycles. The fraction of sp³-hybridized carbons (Fsp3) is 0.0625. The van der Waals surface area contributed by atoms with Gasteiger partial charge in [0.25, 0.3) is 0 Å². The Hall–Kier alpha value is -2.55. The number of phenolic OH excluding ortho intramolecular Hbond substituents is 1. The molecule has 0 amide bonds. The Morgan fingerprint density at radius 3 is 2.53 bits per heavy atom. The molecule has 0 aromatic heterocycles. The van der Waals surface area contributed by atoms with Crippen molar-refractivity contribution in [1.29, 1.82) is 0 Å². The van der Waals surface area contributed by atoms with Gasteiger partial charge in [-0.3, -0.25) is 4.79 Å². The normalized spacial score (nSPS) is 10.6. The van der Waals surface area contributed by atoms with Crippen LogP contribution in [-0.4, -0.2) is 18.0 Å². The molecule has 0 bridgehead atoms. The molecule has 0 atom stereocenters. The molecule has 0 radical (unpaired) electrons. The Kier molecular flexibility index (Phi) is 3.98. The van der Waals surface area contributed by atoms with Gasteiger partial charge in [0.05, 0.1) is 7.11 Å². The van der Waals surface area contributed by atoms with Gasteiger partial charge in [0.15, 0.2) is 17.3 Å². The number of hydrogen-bond donors (Lipinski definition) is 1. The van der Waals surface area contributed by atoms with E-state index in [1.54, 1.807) is 30.3 Å². The van der Waals surface area contributed by atoms with Crippen LogP contribution in [0.1, 0.15) is 15.9 Å². The summed E-state index contributed by atoms with van der Waals surface area (Å²) >= 11 is 0. The van der Waals surface area contributed by atoms with Crippen LogP contribution < -0.4 is 4.74 Å². The number of para-hydroxylation sites is 1. The van der Waals surface area contributed by atoms with Gasteiger partial charge in [-0.05, 0) is 18.2 Å². The van der Waals surface area contributed by atoms with Gasteiger partial charge in [-0.1, -0.05) is 42.5 Å². The average Bonchev–Trinajstić information content (AvgIpc) is 2.45. The van der Waals surface area contributed by atoms with Gasteiger partial charge in [0.2, 0.25) is 0 Å². The van der Waals surface area contributed by atoms with Crippen molar-refractivity contribution >= 4 is 11.9 Å². The predicted molar refractivity (Wildman–Crippen MR) is 74.5 cm³/mol. The Morgan fingerprint density at radius 1 is 1.11 bits per heavy atom. The molecule has 0 aliphatic heterocycles. The molecule has 0 saturated heterocycles. The lowest BCUT2D eigenvalue weighted by atomic mass is 10.1. The number of benzene rings is 2. The van der Waals surface area contributed by atoms with Crippen molar-refractivity contribution < 1.29 is 14.6 Å². The molecule has 19 heavy (non-hydrogen) atoms. The molecule has 2 aromatic carbocycles. The van der Waals surface area contributed by atoms with Crippen LogP contribution in [0.2, 0.25) is 0 Å². The minimum atomic E-state index is -0.0917. The topological polar surface area (TPSA) is 46.5 Å². The summed E-state index contributed by atoms with van der Waals surface area (Å²) in [4.78, 5) is 11.9. The molecule has 0 aliphatic rings. The molecule has 2 aromatic rings. The first-order chi connectivity index (χ1) is 9.22. The maximum Gasteiger partial charge on any atom is 0.185 e. The number of carbonyl (C=O) groups is 1. The summed E-state index contributed by atoms with van der Waals surface area (Å²) in [7, 11) is 1.48. The van der Waals surface area contributed by atoms with Crippen molar-refractivity contribution in [3.63, 3.8) is 0 Å². The third-order valence-electron chi connectivity index (χ3n) is 2.70. The average molecular weight is 254 g/mol. The first kappa shape index (κ1) is 12.9. The van der Waals surface area contributed by atoms with Crippen LogP contribution in [0.15, 0.2) is 54.6 Å². The van der Waals surface area contributed by atoms with Crippen molar-refractivity contribution in [2.24, 2.45) is 0 Å². The standard InChI is InChI=1S/C16H14O3/c1-19-16-13(8-5-9-15(16)18)10-11-14(17)12-6-3-2-4-7-12/h2-11,18H,1H3. The van der Waals surface area contributed by atoms with Crippen LogP contribution in [0, 0.1) is 0 Å². The third kappa shape index (κ3) is 3.01. The zero-order chi connectivity index (χ0) is 13.7. The largest absolute Gasteiger partial charge is 0.504 e. The summed E-state index contributed by atoms with van der Waals surface area (Å²) in [6.45, 7) is 0. The lowest BCUT2D eigenvalue weighted by Gasteiger charge is -2.06. The first-order valence-corrected chi connectivity index (χ1v) is 5.86. The Morgan fingerprint density at radius 2 is 1.84 bits per heavy atom. The second-order valence-electron chi connectivity index (χ2n) is 3.96. The van der Waals surface area contributed by atoms with Gasteiger partial charge in [-0.15, -0.1) is 0 Å². The van der Waals surface area contributed by atoms with E-state index in [9.17, 15) is 9.90 Å². The molecule has 96 valence electrons. The minimum absolute atomic E-state index is 0.0526. The maximum atomic E-state index is 11.9. The maximum absolute atomic E-state index is 11.9. The van der Waals surface area contributed by atoms with E-state index in [1.165, 1.54) is 19.3 Å². The van der Waals surface area contributed by atoms with Gasteiger partial charge in [0, 0.05) is 11.1 Å². The summed E-state index contributed by atoms with van der Waals surface area (Å²) < 4.78 is 5.10. The zero-order valence-corrected chi connectivity index (χ0v) is 10.5. The van der Waals surface area contributed by atoms with Gasteiger partial charge < -0.3 is 9.84 Å². The summed E-state index contributed by atoms with van der Waals surface area (Å²) in [5.74, 6) is 0.322. The number of ketones is 1. The lowest BCUT2D eigenvalue weighted by molar-refractivity contribution is 0.104. The highest BCUT2D eigenvalue weighted by molar-refractivity contribution is 6.06. The fourth-order valence-electron chi connectivity index (χ4n) is 1.76. The summed E-state index contributed by atoms with van der Waals surface area (Å²) in [6, 6.07) is 14.0. The minimum Gasteiger partial charge on any atom is -0.504 e. The monoisotopic (exact) mass is 254 g/mol. The van der Waals surface area contributed by atoms with Crippen LogP contribution in [0.5, 0.6) is 11.5 Å². The second kappa shape index (κ2) is 5.87. The smallest absolute Gasteiger partial charge is 0.185 e. The van der Waals surface area contributed by atoms with Gasteiger partial charge in [0.1, 0.15) is 0 Å². The number of aromatic hydroxyl groups is 1. The number of phenols is 1. The van der Waals surface area contributed by atoms with E-state index in [-0.39, 0.29) is 11.5 Å². The van der Waals surface area contributed by atoms with Crippen molar-refractivity contribution in [3.05, 3.63) is 65.7 Å². The molecular formula is C16H14O3. The SMILES string of the molecule is COc1c(O)cccc1C=CC(=O)c1ccccc1. The van der Waals surface area contributed by atoms with Crippen LogP contribution in [0.25, 0.3) is 6.08 Å². The van der Waals surface area contributed by atoms with E-state index >= 15 is 0 Å².